The van der Waals surface area contributed by atoms with Crippen molar-refractivity contribution >= 4 is 23.1 Å². The minimum Gasteiger partial charge on any atom is -0.461 e. The molecule has 0 radical (unpaired) electrons. The zero-order chi connectivity index (χ0) is 25.7. The van der Waals surface area contributed by atoms with Crippen molar-refractivity contribution in [3.63, 3.8) is 0 Å². The molecule has 1 aromatic heterocycles. The molecule has 2 heterocycles. The summed E-state index contributed by atoms with van der Waals surface area (Å²) in [7, 11) is 0. The van der Waals surface area contributed by atoms with E-state index in [0.717, 1.165) is 30.0 Å². The summed E-state index contributed by atoms with van der Waals surface area (Å²) in [6, 6.07) is 0. The lowest BCUT2D eigenvalue weighted by Gasteiger charge is -2.36. The second-order valence-corrected chi connectivity index (χ2v) is 12.3. The Labute approximate surface area is 208 Å². The van der Waals surface area contributed by atoms with Crippen LogP contribution >= 0.6 is 11.3 Å². The number of rotatable bonds is 3. The van der Waals surface area contributed by atoms with Gasteiger partial charge in [0.2, 0.25) is 0 Å². The molecule has 2 N–H and O–H groups in total. The second kappa shape index (κ2) is 11.9. The Morgan fingerprint density at radius 3 is 2.50 bits per heavy atom. The topological polar surface area (TPSA) is 96.7 Å². The number of aliphatic hydroxyl groups excluding tert-OH is 2. The highest BCUT2D eigenvalue weighted by Crippen LogP contribution is 2.34. The summed E-state index contributed by atoms with van der Waals surface area (Å²) in [6.07, 6.45) is 5.29. The Morgan fingerprint density at radius 1 is 1.21 bits per heavy atom. The van der Waals surface area contributed by atoms with Crippen molar-refractivity contribution in [1.29, 1.82) is 0 Å². The third-order valence-electron chi connectivity index (χ3n) is 7.33. The van der Waals surface area contributed by atoms with Crippen LogP contribution in [-0.2, 0) is 20.7 Å². The number of aliphatic hydroxyl groups is 2. The first kappa shape index (κ1) is 28.7. The molecule has 0 aliphatic carbocycles. The number of aromatic nitrogens is 1. The van der Waals surface area contributed by atoms with E-state index in [1.54, 1.807) is 32.1 Å². The van der Waals surface area contributed by atoms with Gasteiger partial charge in [0, 0.05) is 23.1 Å². The Morgan fingerprint density at radius 2 is 1.88 bits per heavy atom. The molecule has 1 aromatic rings. The molecule has 5 atom stereocenters. The quantitative estimate of drug-likeness (QED) is 0.452. The van der Waals surface area contributed by atoms with Crippen molar-refractivity contribution in [2.45, 2.75) is 105 Å². The summed E-state index contributed by atoms with van der Waals surface area (Å²) in [4.78, 5) is 30.7. The van der Waals surface area contributed by atoms with Gasteiger partial charge < -0.3 is 14.9 Å². The normalized spacial score (nSPS) is 31.1. The van der Waals surface area contributed by atoms with Crippen LogP contribution in [-0.4, -0.2) is 45.3 Å². The van der Waals surface area contributed by atoms with Crippen LogP contribution in [0.3, 0.4) is 0 Å². The number of aryl methyl sites for hydroxylation is 1. The van der Waals surface area contributed by atoms with E-state index in [4.69, 9.17) is 4.74 Å². The monoisotopic (exact) mass is 493 g/mol. The van der Waals surface area contributed by atoms with E-state index in [0.29, 0.717) is 12.8 Å². The first-order valence-corrected chi connectivity index (χ1v) is 13.3. The molecule has 0 unspecified atom stereocenters. The number of ketones is 1. The Balaban J connectivity index is 2.27. The van der Waals surface area contributed by atoms with Gasteiger partial charge in [-0.15, -0.1) is 11.3 Å². The van der Waals surface area contributed by atoms with E-state index in [1.807, 2.05) is 19.2 Å². The molecule has 0 aromatic carbocycles. The predicted octanol–water partition coefficient (Wildman–Crippen LogP) is 5.04. The van der Waals surface area contributed by atoms with Gasteiger partial charge in [-0.3, -0.25) is 9.59 Å². The summed E-state index contributed by atoms with van der Waals surface area (Å²) >= 11 is 1.60. The summed E-state index contributed by atoms with van der Waals surface area (Å²) in [5.41, 5.74) is -0.567. The highest BCUT2D eigenvalue weighted by molar-refractivity contribution is 7.09. The molecular weight excluding hydrogens is 450 g/mol. The van der Waals surface area contributed by atoms with E-state index in [1.165, 1.54) is 0 Å². The Bertz CT molecular complexity index is 859. The van der Waals surface area contributed by atoms with Gasteiger partial charge in [-0.2, -0.15) is 0 Å². The van der Waals surface area contributed by atoms with Gasteiger partial charge in [-0.1, -0.05) is 53.7 Å². The molecule has 0 saturated heterocycles. The van der Waals surface area contributed by atoms with Crippen LogP contribution < -0.4 is 0 Å². The van der Waals surface area contributed by atoms with Gasteiger partial charge in [0.25, 0.3) is 0 Å². The SMILES string of the molecule is Cc1nc(CC(C)(C)[C@@H]2C/C=C\CCC[C@H](C)[C@@H](O)[C@H](C)C(=O)C(C)(C)[C@@H](O)CC(=O)O2)cs1. The summed E-state index contributed by atoms with van der Waals surface area (Å²) < 4.78 is 5.92. The number of cyclic esters (lactones) is 1. The standard InChI is InChI=1S/C27H43NO5S/c1-17-12-10-8-9-11-13-22(26(4,5)15-20-16-34-19(3)28-20)33-23(30)14-21(29)27(6,7)25(32)18(2)24(17)31/h9,11,16-18,21-22,24,29,31H,8,10,12-15H2,1-7H3/b11-9-/t17-,18-,21-,22-,24+/m0/s1. The molecule has 2 rings (SSSR count). The fourth-order valence-electron chi connectivity index (χ4n) is 4.68. The van der Waals surface area contributed by atoms with Crippen molar-refractivity contribution in [1.82, 2.24) is 4.98 Å². The molecule has 0 amide bonds. The maximum absolute atomic E-state index is 13.2. The van der Waals surface area contributed by atoms with Crippen molar-refractivity contribution in [2.24, 2.45) is 22.7 Å². The summed E-state index contributed by atoms with van der Waals surface area (Å²) in [5.74, 6) is -1.43. The Kier molecular flexibility index (Phi) is 10.0. The molecule has 0 fully saturated rings. The lowest BCUT2D eigenvalue weighted by atomic mass is 9.73. The van der Waals surface area contributed by atoms with E-state index in [2.05, 4.69) is 31.0 Å². The minimum absolute atomic E-state index is 0.0357. The largest absolute Gasteiger partial charge is 0.461 e. The maximum Gasteiger partial charge on any atom is 0.308 e. The third kappa shape index (κ3) is 7.46. The lowest BCUT2D eigenvalue weighted by Crippen LogP contribution is -2.46. The molecule has 0 bridgehead atoms. The Hall–Kier alpha value is -1.57. The van der Waals surface area contributed by atoms with E-state index < -0.39 is 35.6 Å². The molecule has 0 spiro atoms. The molecule has 7 heteroatoms. The van der Waals surface area contributed by atoms with Crippen LogP contribution in [0.25, 0.3) is 0 Å². The van der Waals surface area contributed by atoms with Gasteiger partial charge in [-0.25, -0.2) is 4.98 Å². The van der Waals surface area contributed by atoms with Crippen LogP contribution in [0.4, 0.5) is 0 Å². The average Bonchev–Trinajstić information content (AvgIpc) is 3.16. The fraction of sp³-hybridized carbons (Fsp3) is 0.741. The van der Waals surface area contributed by atoms with Crippen LogP contribution in [0.5, 0.6) is 0 Å². The van der Waals surface area contributed by atoms with Crippen LogP contribution in [0, 0.1) is 29.6 Å². The van der Waals surface area contributed by atoms with Crippen molar-refractivity contribution < 1.29 is 24.5 Å². The zero-order valence-corrected chi connectivity index (χ0v) is 22.7. The number of Topliss-reactive ketones (excluding diaryl/α,β-unsaturated/α-hetero) is 1. The highest BCUT2D eigenvalue weighted by Gasteiger charge is 2.43. The molecule has 34 heavy (non-hydrogen) atoms. The van der Waals surface area contributed by atoms with Gasteiger partial charge in [-0.05, 0) is 38.5 Å². The number of hydrogen-bond acceptors (Lipinski definition) is 7. The molecular formula is C27H43NO5S. The number of carbonyl (C=O) groups is 2. The van der Waals surface area contributed by atoms with Crippen LogP contribution in [0.2, 0.25) is 0 Å². The maximum atomic E-state index is 13.2. The molecule has 192 valence electrons. The molecule has 1 aliphatic heterocycles. The molecule has 0 saturated carbocycles. The summed E-state index contributed by atoms with van der Waals surface area (Å²) in [6.45, 7) is 13.1. The molecule has 6 nitrogen and oxygen atoms in total. The number of carbonyl (C=O) groups excluding carboxylic acids is 2. The van der Waals surface area contributed by atoms with E-state index in [9.17, 15) is 19.8 Å². The molecule has 1 aliphatic rings. The van der Waals surface area contributed by atoms with Gasteiger partial charge in [0.05, 0.1) is 34.7 Å². The van der Waals surface area contributed by atoms with Crippen LogP contribution in [0.15, 0.2) is 17.5 Å². The van der Waals surface area contributed by atoms with Crippen molar-refractivity contribution in [3.8, 4) is 0 Å². The van der Waals surface area contributed by atoms with Gasteiger partial charge in [0.1, 0.15) is 11.9 Å². The number of allylic oxidation sites excluding steroid dienone is 1. The summed E-state index contributed by atoms with van der Waals surface area (Å²) in [5, 5.41) is 24.6. The fourth-order valence-corrected chi connectivity index (χ4v) is 5.29. The first-order valence-electron chi connectivity index (χ1n) is 12.4. The van der Waals surface area contributed by atoms with Crippen molar-refractivity contribution in [2.75, 3.05) is 0 Å². The number of ether oxygens (including phenoxy) is 1. The third-order valence-corrected chi connectivity index (χ3v) is 8.16. The first-order chi connectivity index (χ1) is 15.8. The second-order valence-electron chi connectivity index (χ2n) is 11.2. The number of thiazole rings is 1. The minimum atomic E-state index is -1.20. The number of esters is 1. The highest BCUT2D eigenvalue weighted by atomic mass is 32.1. The predicted molar refractivity (Wildman–Crippen MR) is 136 cm³/mol. The number of nitrogens with zero attached hydrogens (tertiary/aromatic N) is 1. The smallest absolute Gasteiger partial charge is 0.308 e. The zero-order valence-electron chi connectivity index (χ0n) is 21.8. The van der Waals surface area contributed by atoms with Gasteiger partial charge in [0.15, 0.2) is 0 Å². The van der Waals surface area contributed by atoms with E-state index >= 15 is 0 Å². The lowest BCUT2D eigenvalue weighted by molar-refractivity contribution is -0.160. The van der Waals surface area contributed by atoms with Crippen LogP contribution in [0.1, 0.15) is 84.3 Å². The van der Waals surface area contributed by atoms with E-state index in [-0.39, 0.29) is 23.5 Å². The number of hydrogen-bond donors (Lipinski definition) is 2. The average molecular weight is 494 g/mol. The van der Waals surface area contributed by atoms with Crippen molar-refractivity contribution in [3.05, 3.63) is 28.2 Å². The van der Waals surface area contributed by atoms with Gasteiger partial charge >= 0.3 is 5.97 Å².